The maximum atomic E-state index is 9.30. The highest BCUT2D eigenvalue weighted by Crippen LogP contribution is 2.32. The molecule has 0 aliphatic rings. The zero-order chi connectivity index (χ0) is 13.8. The molecule has 0 amide bonds. The van der Waals surface area contributed by atoms with Crippen LogP contribution < -0.4 is 14.4 Å². The van der Waals surface area contributed by atoms with Gasteiger partial charge in [-0.05, 0) is 12.1 Å². The van der Waals surface area contributed by atoms with E-state index in [9.17, 15) is 5.11 Å². The summed E-state index contributed by atoms with van der Waals surface area (Å²) in [6.45, 7) is 4.98. The smallest absolute Gasteiger partial charge is 0.162 e. The van der Waals surface area contributed by atoms with Crippen LogP contribution in [0, 0.1) is 5.41 Å². The zero-order valence-electron chi connectivity index (χ0n) is 11.9. The Balaban J connectivity index is 2.90. The van der Waals surface area contributed by atoms with E-state index in [1.54, 1.807) is 14.2 Å². The second kappa shape index (κ2) is 5.96. The summed E-state index contributed by atoms with van der Waals surface area (Å²) in [5.74, 6) is 1.43. The molecule has 1 N–H and O–H groups in total. The van der Waals surface area contributed by atoms with Crippen molar-refractivity contribution >= 4 is 5.69 Å². The van der Waals surface area contributed by atoms with Gasteiger partial charge < -0.3 is 19.5 Å². The zero-order valence-corrected chi connectivity index (χ0v) is 11.9. The molecule has 0 aliphatic heterocycles. The van der Waals surface area contributed by atoms with Crippen LogP contribution in [-0.2, 0) is 0 Å². The second-order valence-electron chi connectivity index (χ2n) is 5.22. The summed E-state index contributed by atoms with van der Waals surface area (Å²) in [5.41, 5.74) is 0.899. The fraction of sp³-hybridized carbons (Fsp3) is 0.571. The van der Waals surface area contributed by atoms with E-state index >= 15 is 0 Å². The fourth-order valence-corrected chi connectivity index (χ4v) is 1.85. The minimum atomic E-state index is -0.137. The molecule has 0 radical (unpaired) electrons. The summed E-state index contributed by atoms with van der Waals surface area (Å²) < 4.78 is 10.5. The summed E-state index contributed by atoms with van der Waals surface area (Å²) in [4.78, 5) is 2.10. The lowest BCUT2D eigenvalue weighted by Crippen LogP contribution is -2.33. The van der Waals surface area contributed by atoms with Crippen LogP contribution in [0.15, 0.2) is 18.2 Å². The topological polar surface area (TPSA) is 41.9 Å². The first kappa shape index (κ1) is 14.6. The standard InChI is InChI=1S/C14H23NO3/c1-14(2,10-16)9-15(3)11-6-7-12(17-4)13(8-11)18-5/h6-8,16H,9-10H2,1-5H3. The van der Waals surface area contributed by atoms with Gasteiger partial charge in [0.05, 0.1) is 14.2 Å². The van der Waals surface area contributed by atoms with Crippen molar-refractivity contribution in [3.05, 3.63) is 18.2 Å². The molecule has 0 aliphatic carbocycles. The molecule has 18 heavy (non-hydrogen) atoms. The SMILES string of the molecule is COc1ccc(N(C)CC(C)(C)CO)cc1OC. The van der Waals surface area contributed by atoms with Gasteiger partial charge in [0.1, 0.15) is 0 Å². The van der Waals surface area contributed by atoms with Gasteiger partial charge in [0, 0.05) is 37.4 Å². The predicted octanol–water partition coefficient (Wildman–Crippen LogP) is 2.16. The Morgan fingerprint density at radius 3 is 2.28 bits per heavy atom. The Bertz CT molecular complexity index is 391. The molecular weight excluding hydrogens is 230 g/mol. The summed E-state index contributed by atoms with van der Waals surface area (Å²) in [7, 11) is 5.24. The van der Waals surface area contributed by atoms with Crippen molar-refractivity contribution in [2.75, 3.05) is 39.3 Å². The van der Waals surface area contributed by atoms with Crippen molar-refractivity contribution in [1.82, 2.24) is 0 Å². The number of ether oxygens (including phenoxy) is 2. The normalized spacial score (nSPS) is 11.2. The number of anilines is 1. The van der Waals surface area contributed by atoms with Gasteiger partial charge in [-0.3, -0.25) is 0 Å². The molecule has 1 rings (SSSR count). The van der Waals surface area contributed by atoms with Crippen LogP contribution in [0.1, 0.15) is 13.8 Å². The summed E-state index contributed by atoms with van der Waals surface area (Å²) >= 11 is 0. The number of nitrogens with zero attached hydrogens (tertiary/aromatic N) is 1. The van der Waals surface area contributed by atoms with Crippen LogP contribution in [0.2, 0.25) is 0 Å². The molecule has 0 bridgehead atoms. The third kappa shape index (κ3) is 3.53. The Morgan fingerprint density at radius 2 is 1.78 bits per heavy atom. The van der Waals surface area contributed by atoms with Gasteiger partial charge in [-0.2, -0.15) is 0 Å². The van der Waals surface area contributed by atoms with E-state index in [1.165, 1.54) is 0 Å². The largest absolute Gasteiger partial charge is 0.493 e. The minimum absolute atomic E-state index is 0.137. The van der Waals surface area contributed by atoms with Crippen LogP contribution in [0.4, 0.5) is 5.69 Å². The van der Waals surface area contributed by atoms with E-state index in [-0.39, 0.29) is 12.0 Å². The van der Waals surface area contributed by atoms with Gasteiger partial charge in [-0.25, -0.2) is 0 Å². The first-order valence-corrected chi connectivity index (χ1v) is 5.97. The van der Waals surface area contributed by atoms with Crippen LogP contribution in [0.3, 0.4) is 0 Å². The molecule has 1 aromatic carbocycles. The number of rotatable bonds is 6. The summed E-state index contributed by atoms with van der Waals surface area (Å²) in [6, 6.07) is 5.80. The maximum Gasteiger partial charge on any atom is 0.162 e. The van der Waals surface area contributed by atoms with Gasteiger partial charge in [-0.15, -0.1) is 0 Å². The average molecular weight is 253 g/mol. The van der Waals surface area contributed by atoms with E-state index in [0.717, 1.165) is 18.0 Å². The molecule has 4 nitrogen and oxygen atoms in total. The Hall–Kier alpha value is -1.42. The lowest BCUT2D eigenvalue weighted by atomic mass is 9.94. The first-order chi connectivity index (χ1) is 8.43. The highest BCUT2D eigenvalue weighted by molar-refractivity contribution is 5.56. The molecule has 0 aromatic heterocycles. The lowest BCUT2D eigenvalue weighted by molar-refractivity contribution is 0.165. The third-order valence-corrected chi connectivity index (χ3v) is 2.90. The fourth-order valence-electron chi connectivity index (χ4n) is 1.85. The molecule has 1 aromatic rings. The summed E-state index contributed by atoms with van der Waals surface area (Å²) in [5, 5.41) is 9.30. The molecular formula is C14H23NO3. The highest BCUT2D eigenvalue weighted by Gasteiger charge is 2.19. The monoisotopic (exact) mass is 253 g/mol. The van der Waals surface area contributed by atoms with Gasteiger partial charge in [-0.1, -0.05) is 13.8 Å². The first-order valence-electron chi connectivity index (χ1n) is 5.97. The van der Waals surface area contributed by atoms with Crippen molar-refractivity contribution in [2.45, 2.75) is 13.8 Å². The van der Waals surface area contributed by atoms with E-state index in [2.05, 4.69) is 4.90 Å². The molecule has 0 saturated heterocycles. The van der Waals surface area contributed by atoms with Crippen LogP contribution >= 0.6 is 0 Å². The Kier molecular flexibility index (Phi) is 4.84. The number of hydrogen-bond donors (Lipinski definition) is 1. The predicted molar refractivity (Wildman–Crippen MR) is 73.7 cm³/mol. The van der Waals surface area contributed by atoms with Crippen molar-refractivity contribution in [1.29, 1.82) is 0 Å². The Morgan fingerprint density at radius 1 is 1.17 bits per heavy atom. The molecule has 0 spiro atoms. The number of aliphatic hydroxyl groups is 1. The Labute approximate surface area is 109 Å². The number of benzene rings is 1. The maximum absolute atomic E-state index is 9.30. The van der Waals surface area contributed by atoms with Crippen molar-refractivity contribution in [2.24, 2.45) is 5.41 Å². The van der Waals surface area contributed by atoms with Gasteiger partial charge in [0.15, 0.2) is 11.5 Å². The summed E-state index contributed by atoms with van der Waals surface area (Å²) in [6.07, 6.45) is 0. The third-order valence-electron chi connectivity index (χ3n) is 2.90. The van der Waals surface area contributed by atoms with Crippen LogP contribution in [0.25, 0.3) is 0 Å². The molecule has 0 heterocycles. The van der Waals surface area contributed by atoms with E-state index in [1.807, 2.05) is 39.1 Å². The van der Waals surface area contributed by atoms with Crippen molar-refractivity contribution in [3.63, 3.8) is 0 Å². The molecule has 0 unspecified atom stereocenters. The minimum Gasteiger partial charge on any atom is -0.493 e. The van der Waals surface area contributed by atoms with Gasteiger partial charge in [0.25, 0.3) is 0 Å². The van der Waals surface area contributed by atoms with Crippen molar-refractivity contribution < 1.29 is 14.6 Å². The van der Waals surface area contributed by atoms with Crippen molar-refractivity contribution in [3.8, 4) is 11.5 Å². The molecule has 0 atom stereocenters. The molecule has 0 fully saturated rings. The van der Waals surface area contributed by atoms with Gasteiger partial charge in [0.2, 0.25) is 0 Å². The van der Waals surface area contributed by atoms with E-state index in [4.69, 9.17) is 9.47 Å². The highest BCUT2D eigenvalue weighted by atomic mass is 16.5. The van der Waals surface area contributed by atoms with Gasteiger partial charge >= 0.3 is 0 Å². The van der Waals surface area contributed by atoms with E-state index in [0.29, 0.717) is 5.75 Å². The number of aliphatic hydroxyl groups excluding tert-OH is 1. The average Bonchev–Trinajstić information content (AvgIpc) is 2.37. The van der Waals surface area contributed by atoms with Crippen LogP contribution in [0.5, 0.6) is 11.5 Å². The molecule has 0 saturated carbocycles. The number of hydrogen-bond acceptors (Lipinski definition) is 4. The lowest BCUT2D eigenvalue weighted by Gasteiger charge is -2.30. The number of methoxy groups -OCH3 is 2. The van der Waals surface area contributed by atoms with Crippen LogP contribution in [-0.4, -0.2) is 39.5 Å². The quantitative estimate of drug-likeness (QED) is 0.843. The second-order valence-corrected chi connectivity index (χ2v) is 5.22. The molecule has 102 valence electrons. The van der Waals surface area contributed by atoms with E-state index < -0.39 is 0 Å². The molecule has 4 heteroatoms.